The van der Waals surface area contributed by atoms with Crippen LogP contribution in [0.15, 0.2) is 42.5 Å². The van der Waals surface area contributed by atoms with Gasteiger partial charge in [0.1, 0.15) is 18.1 Å². The molecule has 0 aliphatic carbocycles. The minimum Gasteiger partial charge on any atom is -0.497 e. The Balaban J connectivity index is 1.75. The fourth-order valence-electron chi connectivity index (χ4n) is 2.76. The summed E-state index contributed by atoms with van der Waals surface area (Å²) in [5.41, 5.74) is 0.845. The van der Waals surface area contributed by atoms with Crippen molar-refractivity contribution < 1.29 is 18.7 Å². The maximum absolute atomic E-state index is 13.4. The molecule has 1 aliphatic heterocycles. The van der Waals surface area contributed by atoms with E-state index in [0.29, 0.717) is 24.5 Å². The van der Waals surface area contributed by atoms with Crippen molar-refractivity contribution >= 4 is 29.1 Å². The molecule has 0 unspecified atom stereocenters. The van der Waals surface area contributed by atoms with Gasteiger partial charge in [-0.25, -0.2) is 4.39 Å². The molecule has 1 fully saturated rings. The Labute approximate surface area is 149 Å². The van der Waals surface area contributed by atoms with E-state index < -0.39 is 11.7 Å². The van der Waals surface area contributed by atoms with E-state index in [1.165, 1.54) is 11.0 Å². The third kappa shape index (κ3) is 3.74. The summed E-state index contributed by atoms with van der Waals surface area (Å²) in [4.78, 5) is 28.0. The highest BCUT2D eigenvalue weighted by molar-refractivity contribution is 6.31. The maximum atomic E-state index is 13.4. The molecular formula is C18H16ClFN2O3. The monoisotopic (exact) mass is 362 g/mol. The minimum absolute atomic E-state index is 0.0792. The molecule has 5 nitrogen and oxygen atoms in total. The van der Waals surface area contributed by atoms with Crippen LogP contribution >= 0.6 is 11.6 Å². The fourth-order valence-corrected chi connectivity index (χ4v) is 2.98. The number of halogens is 2. The first-order valence-corrected chi connectivity index (χ1v) is 8.05. The first-order valence-electron chi connectivity index (χ1n) is 7.68. The second-order valence-electron chi connectivity index (χ2n) is 5.63. The van der Waals surface area contributed by atoms with E-state index in [9.17, 15) is 14.0 Å². The van der Waals surface area contributed by atoms with Crippen LogP contribution in [0.2, 0.25) is 5.02 Å². The lowest BCUT2D eigenvalue weighted by Gasteiger charge is -2.34. The summed E-state index contributed by atoms with van der Waals surface area (Å²) in [5.74, 6) is -0.564. The van der Waals surface area contributed by atoms with E-state index in [0.717, 1.165) is 12.1 Å². The van der Waals surface area contributed by atoms with Crippen LogP contribution in [-0.2, 0) is 4.79 Å². The summed E-state index contributed by atoms with van der Waals surface area (Å²) < 4.78 is 18.6. The standard InChI is InChI=1S/C18H16ClFN2O3/c1-25-16-4-2-3-15(10-16)22-6-5-21(11-17(22)23)18(24)12-7-13(19)9-14(20)8-12/h2-4,7-10H,5-6,11H2,1H3. The number of hydrogen-bond acceptors (Lipinski definition) is 3. The first kappa shape index (κ1) is 17.2. The van der Waals surface area contributed by atoms with E-state index in [2.05, 4.69) is 0 Å². The molecule has 2 aromatic rings. The lowest BCUT2D eigenvalue weighted by Crippen LogP contribution is -2.52. The zero-order chi connectivity index (χ0) is 18.0. The van der Waals surface area contributed by atoms with E-state index in [1.54, 1.807) is 30.2 Å². The quantitative estimate of drug-likeness (QED) is 0.843. The summed E-state index contributed by atoms with van der Waals surface area (Å²) in [6, 6.07) is 10.8. The molecule has 1 aliphatic rings. The van der Waals surface area contributed by atoms with Gasteiger partial charge in [-0.2, -0.15) is 0 Å². The molecular weight excluding hydrogens is 347 g/mol. The van der Waals surface area contributed by atoms with Crippen molar-refractivity contribution in [2.75, 3.05) is 31.6 Å². The van der Waals surface area contributed by atoms with Crippen LogP contribution < -0.4 is 9.64 Å². The molecule has 25 heavy (non-hydrogen) atoms. The zero-order valence-corrected chi connectivity index (χ0v) is 14.3. The van der Waals surface area contributed by atoms with Crippen LogP contribution in [-0.4, -0.2) is 43.5 Å². The molecule has 0 atom stereocenters. The van der Waals surface area contributed by atoms with Crippen molar-refractivity contribution in [2.45, 2.75) is 0 Å². The van der Waals surface area contributed by atoms with Crippen molar-refractivity contribution in [1.82, 2.24) is 4.90 Å². The molecule has 0 saturated carbocycles. The summed E-state index contributed by atoms with van der Waals surface area (Å²) in [7, 11) is 1.56. The van der Waals surface area contributed by atoms with E-state index in [1.807, 2.05) is 6.07 Å². The number of hydrogen-bond donors (Lipinski definition) is 0. The summed E-state index contributed by atoms with van der Waals surface area (Å²) in [6.07, 6.45) is 0. The van der Waals surface area contributed by atoms with Gasteiger partial charge in [-0.3, -0.25) is 9.59 Å². The molecule has 7 heteroatoms. The van der Waals surface area contributed by atoms with Crippen molar-refractivity contribution in [1.29, 1.82) is 0 Å². The molecule has 0 spiro atoms. The second-order valence-corrected chi connectivity index (χ2v) is 6.07. The van der Waals surface area contributed by atoms with Crippen molar-refractivity contribution in [3.05, 3.63) is 58.9 Å². The molecule has 0 radical (unpaired) electrons. The van der Waals surface area contributed by atoms with Gasteiger partial charge in [0, 0.05) is 35.4 Å². The molecule has 0 aromatic heterocycles. The SMILES string of the molecule is COc1cccc(N2CCN(C(=O)c3cc(F)cc(Cl)c3)CC2=O)c1. The Bertz CT molecular complexity index is 807. The fraction of sp³-hybridized carbons (Fsp3) is 0.222. The molecule has 2 aromatic carbocycles. The third-order valence-corrected chi connectivity index (χ3v) is 4.20. The van der Waals surface area contributed by atoms with Gasteiger partial charge in [0.2, 0.25) is 5.91 Å². The summed E-state index contributed by atoms with van der Waals surface area (Å²) >= 11 is 5.80. The van der Waals surface area contributed by atoms with E-state index in [4.69, 9.17) is 16.3 Å². The Morgan fingerprint density at radius 1 is 1.20 bits per heavy atom. The molecule has 1 saturated heterocycles. The van der Waals surface area contributed by atoms with E-state index >= 15 is 0 Å². The molecule has 130 valence electrons. The van der Waals surface area contributed by atoms with Gasteiger partial charge in [0.15, 0.2) is 0 Å². The van der Waals surface area contributed by atoms with Crippen molar-refractivity contribution in [2.24, 2.45) is 0 Å². The van der Waals surface area contributed by atoms with Crippen LogP contribution in [0.1, 0.15) is 10.4 Å². The topological polar surface area (TPSA) is 49.9 Å². The second kappa shape index (κ2) is 7.11. The number of piperazine rings is 1. The Kier molecular flexibility index (Phi) is 4.90. The number of carbonyl (C=O) groups excluding carboxylic acids is 2. The molecule has 0 N–H and O–H groups in total. The lowest BCUT2D eigenvalue weighted by atomic mass is 10.1. The smallest absolute Gasteiger partial charge is 0.254 e. The average Bonchev–Trinajstić information content (AvgIpc) is 2.60. The summed E-state index contributed by atoms with van der Waals surface area (Å²) in [5, 5.41) is 0.143. The minimum atomic E-state index is -0.586. The van der Waals surface area contributed by atoms with Gasteiger partial charge in [-0.05, 0) is 30.3 Å². The predicted octanol–water partition coefficient (Wildman–Crippen LogP) is 2.98. The van der Waals surface area contributed by atoms with Crippen molar-refractivity contribution in [3.63, 3.8) is 0 Å². The third-order valence-electron chi connectivity index (χ3n) is 3.98. The number of ether oxygens (including phenoxy) is 1. The van der Waals surface area contributed by atoms with Gasteiger partial charge >= 0.3 is 0 Å². The average molecular weight is 363 g/mol. The van der Waals surface area contributed by atoms with Crippen LogP contribution in [0.3, 0.4) is 0 Å². The lowest BCUT2D eigenvalue weighted by molar-refractivity contribution is -0.120. The normalized spacial score (nSPS) is 14.6. The highest BCUT2D eigenvalue weighted by Gasteiger charge is 2.29. The Morgan fingerprint density at radius 3 is 2.68 bits per heavy atom. The van der Waals surface area contributed by atoms with Crippen LogP contribution in [0.4, 0.5) is 10.1 Å². The highest BCUT2D eigenvalue weighted by Crippen LogP contribution is 2.23. The van der Waals surface area contributed by atoms with Crippen LogP contribution in [0.5, 0.6) is 5.75 Å². The van der Waals surface area contributed by atoms with Gasteiger partial charge < -0.3 is 14.5 Å². The number of methoxy groups -OCH3 is 1. The number of anilines is 1. The molecule has 0 bridgehead atoms. The predicted molar refractivity (Wildman–Crippen MR) is 92.7 cm³/mol. The summed E-state index contributed by atoms with van der Waals surface area (Å²) in [6.45, 7) is 0.612. The number of benzene rings is 2. The molecule has 1 heterocycles. The van der Waals surface area contributed by atoms with Gasteiger partial charge in [-0.15, -0.1) is 0 Å². The molecule has 2 amide bonds. The number of carbonyl (C=O) groups is 2. The van der Waals surface area contributed by atoms with Crippen molar-refractivity contribution in [3.8, 4) is 5.75 Å². The first-order chi connectivity index (χ1) is 12.0. The number of rotatable bonds is 3. The van der Waals surface area contributed by atoms with Gasteiger partial charge in [0.05, 0.1) is 7.11 Å². The van der Waals surface area contributed by atoms with Crippen LogP contribution in [0, 0.1) is 5.82 Å². The number of amides is 2. The van der Waals surface area contributed by atoms with Crippen LogP contribution in [0.25, 0.3) is 0 Å². The Morgan fingerprint density at radius 2 is 2.00 bits per heavy atom. The molecule has 3 rings (SSSR count). The largest absolute Gasteiger partial charge is 0.497 e. The van der Waals surface area contributed by atoms with Gasteiger partial charge in [-0.1, -0.05) is 17.7 Å². The van der Waals surface area contributed by atoms with Gasteiger partial charge in [0.25, 0.3) is 5.91 Å². The maximum Gasteiger partial charge on any atom is 0.254 e. The Hall–Kier alpha value is -2.60. The number of nitrogens with zero attached hydrogens (tertiary/aromatic N) is 2. The highest BCUT2D eigenvalue weighted by atomic mass is 35.5. The van der Waals surface area contributed by atoms with E-state index in [-0.39, 0.29) is 23.0 Å². The zero-order valence-electron chi connectivity index (χ0n) is 13.5.